The fraction of sp³-hybridized carbons (Fsp3) is 0.0952. The van der Waals surface area contributed by atoms with Crippen LogP contribution in [0.5, 0.6) is 0 Å². The van der Waals surface area contributed by atoms with Crippen molar-refractivity contribution >= 4 is 33.4 Å². The van der Waals surface area contributed by atoms with E-state index in [-0.39, 0.29) is 17.9 Å². The van der Waals surface area contributed by atoms with Crippen molar-refractivity contribution in [2.24, 2.45) is 0 Å². The highest BCUT2D eigenvalue weighted by Gasteiger charge is 2.46. The van der Waals surface area contributed by atoms with Gasteiger partial charge in [0.1, 0.15) is 11.5 Å². The molecule has 4 rings (SSSR count). The number of carbonyl (C=O) groups is 2. The first-order valence-electron chi connectivity index (χ1n) is 8.53. The van der Waals surface area contributed by atoms with Gasteiger partial charge in [0.25, 0.3) is 11.7 Å². The molecule has 3 aromatic rings. The van der Waals surface area contributed by atoms with Crippen LogP contribution in [-0.2, 0) is 16.1 Å². The summed E-state index contributed by atoms with van der Waals surface area (Å²) in [6.45, 7) is 0.113. The van der Waals surface area contributed by atoms with Gasteiger partial charge in [0.15, 0.2) is 0 Å². The first kappa shape index (κ1) is 18.2. The van der Waals surface area contributed by atoms with Gasteiger partial charge >= 0.3 is 0 Å². The van der Waals surface area contributed by atoms with Crippen LogP contribution in [0, 0.1) is 0 Å². The Kier molecular flexibility index (Phi) is 4.83. The lowest BCUT2D eigenvalue weighted by Gasteiger charge is -2.24. The van der Waals surface area contributed by atoms with E-state index < -0.39 is 17.7 Å². The van der Waals surface area contributed by atoms with Crippen LogP contribution in [0.15, 0.2) is 81.7 Å². The van der Waals surface area contributed by atoms with Gasteiger partial charge in [0.2, 0.25) is 0 Å². The van der Waals surface area contributed by atoms with Crippen LogP contribution < -0.4 is 0 Å². The van der Waals surface area contributed by atoms with Gasteiger partial charge < -0.3 is 14.4 Å². The van der Waals surface area contributed by atoms with Crippen LogP contribution in [0.1, 0.15) is 22.9 Å². The maximum absolute atomic E-state index is 12.9. The first-order chi connectivity index (χ1) is 13.6. The largest absolute Gasteiger partial charge is 0.507 e. The molecule has 1 unspecified atom stereocenters. The zero-order valence-electron chi connectivity index (χ0n) is 14.6. The van der Waals surface area contributed by atoms with Crippen LogP contribution in [0.25, 0.3) is 5.76 Å². The summed E-state index contributed by atoms with van der Waals surface area (Å²) >= 11 is 3.43. The minimum absolute atomic E-state index is 0.0425. The van der Waals surface area contributed by atoms with E-state index in [2.05, 4.69) is 20.9 Å². The number of furan rings is 1. The highest BCUT2D eigenvalue weighted by molar-refractivity contribution is 9.10. The number of Topliss-reactive ketones (excluding diaryl/α,β-unsaturated/α-hetero) is 1. The predicted molar refractivity (Wildman–Crippen MR) is 105 cm³/mol. The molecule has 28 heavy (non-hydrogen) atoms. The molecule has 0 spiro atoms. The summed E-state index contributed by atoms with van der Waals surface area (Å²) in [5.41, 5.74) is 1.17. The molecule has 3 heterocycles. The van der Waals surface area contributed by atoms with Crippen molar-refractivity contribution in [2.75, 3.05) is 0 Å². The number of pyridine rings is 1. The van der Waals surface area contributed by atoms with Gasteiger partial charge in [-0.1, -0.05) is 28.1 Å². The lowest BCUT2D eigenvalue weighted by molar-refractivity contribution is -0.140. The Bertz CT molecular complexity index is 1060. The average molecular weight is 439 g/mol. The number of hydrogen-bond donors (Lipinski definition) is 1. The van der Waals surface area contributed by atoms with E-state index in [1.165, 1.54) is 23.6 Å². The zero-order chi connectivity index (χ0) is 19.7. The van der Waals surface area contributed by atoms with Gasteiger partial charge in [-0.25, -0.2) is 0 Å². The van der Waals surface area contributed by atoms with Crippen LogP contribution >= 0.6 is 15.9 Å². The number of carbonyl (C=O) groups excluding carboxylic acids is 2. The lowest BCUT2D eigenvalue weighted by Crippen LogP contribution is -2.29. The molecule has 1 aliphatic rings. The molecule has 1 N–H and O–H groups in total. The van der Waals surface area contributed by atoms with Gasteiger partial charge in [-0.05, 0) is 42.0 Å². The van der Waals surface area contributed by atoms with E-state index in [0.29, 0.717) is 16.9 Å². The number of benzene rings is 1. The Morgan fingerprint density at radius 1 is 1.14 bits per heavy atom. The van der Waals surface area contributed by atoms with Crippen LogP contribution in [0.3, 0.4) is 0 Å². The van der Waals surface area contributed by atoms with Gasteiger partial charge in [-0.15, -0.1) is 0 Å². The normalized spacial score (nSPS) is 18.6. The SMILES string of the molecule is O=C1C(=O)N(Cc2ccco2)C(c2cccc(Br)c2)C1=C(O)c1ccncc1. The van der Waals surface area contributed by atoms with Gasteiger partial charge in [0, 0.05) is 22.4 Å². The molecular formula is C21H15BrN2O4. The quantitative estimate of drug-likeness (QED) is 0.377. The Labute approximate surface area is 169 Å². The number of nitrogens with zero attached hydrogens (tertiary/aromatic N) is 2. The van der Waals surface area contributed by atoms with Crippen molar-refractivity contribution in [2.45, 2.75) is 12.6 Å². The minimum Gasteiger partial charge on any atom is -0.507 e. The summed E-state index contributed by atoms with van der Waals surface area (Å²) in [5, 5.41) is 10.9. The van der Waals surface area contributed by atoms with Crippen LogP contribution in [0.2, 0.25) is 0 Å². The molecule has 1 fully saturated rings. The third-order valence-corrected chi connectivity index (χ3v) is 5.06. The van der Waals surface area contributed by atoms with E-state index in [1.807, 2.05) is 24.3 Å². The zero-order valence-corrected chi connectivity index (χ0v) is 16.2. The minimum atomic E-state index is -0.740. The average Bonchev–Trinajstić information content (AvgIpc) is 3.30. The second-order valence-electron chi connectivity index (χ2n) is 6.30. The summed E-state index contributed by atoms with van der Waals surface area (Å²) in [4.78, 5) is 31.0. The van der Waals surface area contributed by atoms with E-state index in [4.69, 9.17) is 4.42 Å². The number of aromatic nitrogens is 1. The molecule has 1 atom stereocenters. The van der Waals surface area contributed by atoms with Crippen molar-refractivity contribution in [3.63, 3.8) is 0 Å². The van der Waals surface area contributed by atoms with Gasteiger partial charge in [0.05, 0.1) is 24.4 Å². The van der Waals surface area contributed by atoms with Crippen molar-refractivity contribution in [3.05, 3.63) is 94.1 Å². The lowest BCUT2D eigenvalue weighted by atomic mass is 9.95. The fourth-order valence-corrected chi connectivity index (χ4v) is 3.72. The number of rotatable bonds is 4. The summed E-state index contributed by atoms with van der Waals surface area (Å²) in [6, 6.07) is 13.2. The maximum Gasteiger partial charge on any atom is 0.296 e. The molecule has 1 aromatic carbocycles. The number of ketones is 1. The summed E-state index contributed by atoms with van der Waals surface area (Å²) in [7, 11) is 0. The number of aliphatic hydroxyl groups excluding tert-OH is 1. The molecule has 0 radical (unpaired) electrons. The first-order valence-corrected chi connectivity index (χ1v) is 9.32. The molecule has 140 valence electrons. The van der Waals surface area contributed by atoms with Crippen LogP contribution in [0.4, 0.5) is 0 Å². The van der Waals surface area contributed by atoms with Crippen LogP contribution in [-0.4, -0.2) is 26.7 Å². The van der Waals surface area contributed by atoms with E-state index >= 15 is 0 Å². The number of likely N-dealkylation sites (tertiary alicyclic amines) is 1. The predicted octanol–water partition coefficient (Wildman–Crippen LogP) is 4.06. The molecule has 1 amide bonds. The molecule has 0 saturated carbocycles. The Morgan fingerprint density at radius 3 is 2.61 bits per heavy atom. The fourth-order valence-electron chi connectivity index (χ4n) is 3.30. The third-order valence-electron chi connectivity index (χ3n) is 4.56. The second kappa shape index (κ2) is 7.44. The smallest absolute Gasteiger partial charge is 0.296 e. The van der Waals surface area contributed by atoms with E-state index in [0.717, 1.165) is 4.47 Å². The maximum atomic E-state index is 12.9. The molecular weight excluding hydrogens is 424 g/mol. The molecule has 6 nitrogen and oxygen atoms in total. The van der Waals surface area contributed by atoms with Gasteiger partial charge in [-0.2, -0.15) is 0 Å². The second-order valence-corrected chi connectivity index (χ2v) is 7.21. The van der Waals surface area contributed by atoms with Crippen molar-refractivity contribution < 1.29 is 19.1 Å². The monoisotopic (exact) mass is 438 g/mol. The van der Waals surface area contributed by atoms with Gasteiger partial charge in [-0.3, -0.25) is 14.6 Å². The summed E-state index contributed by atoms with van der Waals surface area (Å²) in [6.07, 6.45) is 4.54. The number of aliphatic hydroxyl groups is 1. The van der Waals surface area contributed by atoms with E-state index in [9.17, 15) is 14.7 Å². The Hall–Kier alpha value is -3.19. The summed E-state index contributed by atoms with van der Waals surface area (Å²) in [5.74, 6) is -1.10. The standard InChI is InChI=1S/C21H15BrN2O4/c22-15-4-1-3-14(11-15)18-17(19(25)13-6-8-23-9-7-13)20(26)21(27)24(18)12-16-5-2-10-28-16/h1-11,18,25H,12H2. The molecule has 2 aromatic heterocycles. The highest BCUT2D eigenvalue weighted by Crippen LogP contribution is 2.40. The number of amides is 1. The summed E-state index contributed by atoms with van der Waals surface area (Å²) < 4.78 is 6.17. The van der Waals surface area contributed by atoms with Crippen molar-refractivity contribution in [1.29, 1.82) is 0 Å². The molecule has 1 saturated heterocycles. The van der Waals surface area contributed by atoms with E-state index in [1.54, 1.807) is 24.3 Å². The third kappa shape index (κ3) is 3.25. The number of hydrogen-bond acceptors (Lipinski definition) is 5. The van der Waals surface area contributed by atoms with Crippen molar-refractivity contribution in [3.8, 4) is 0 Å². The molecule has 0 aliphatic carbocycles. The molecule has 7 heteroatoms. The number of halogens is 1. The van der Waals surface area contributed by atoms with Crippen molar-refractivity contribution in [1.82, 2.24) is 9.88 Å². The Balaban J connectivity index is 1.88. The Morgan fingerprint density at radius 2 is 1.93 bits per heavy atom. The topological polar surface area (TPSA) is 83.6 Å². The molecule has 1 aliphatic heterocycles. The highest BCUT2D eigenvalue weighted by atomic mass is 79.9. The molecule has 0 bridgehead atoms.